The van der Waals surface area contributed by atoms with E-state index in [1.54, 1.807) is 0 Å². The molecule has 1 heterocycles. The monoisotopic (exact) mass is 235 g/mol. The molecule has 0 saturated carbocycles. The van der Waals surface area contributed by atoms with Gasteiger partial charge in [-0.3, -0.25) is 9.88 Å². The number of anilines is 1. The molecule has 0 bridgehead atoms. The summed E-state index contributed by atoms with van der Waals surface area (Å²) in [6, 6.07) is 0.587. The van der Waals surface area contributed by atoms with Crippen molar-refractivity contribution in [1.29, 1.82) is 0 Å². The van der Waals surface area contributed by atoms with Crippen LogP contribution in [0.2, 0.25) is 0 Å². The molecule has 3 heteroatoms. The molecule has 1 aromatic rings. The zero-order chi connectivity index (χ0) is 13.0. The first-order chi connectivity index (χ1) is 7.97. The summed E-state index contributed by atoms with van der Waals surface area (Å²) in [5.74, 6) is 0. The molecule has 1 atom stereocenters. The van der Waals surface area contributed by atoms with Gasteiger partial charge in [0.05, 0.1) is 5.69 Å². The van der Waals surface area contributed by atoms with E-state index in [-0.39, 0.29) is 0 Å². The Balaban J connectivity index is 2.78. The summed E-state index contributed by atoms with van der Waals surface area (Å²) in [6.07, 6.45) is 4.31. The lowest BCUT2D eigenvalue weighted by Crippen LogP contribution is -2.29. The van der Waals surface area contributed by atoms with Gasteiger partial charge in [0.15, 0.2) is 0 Å². The van der Waals surface area contributed by atoms with Crippen LogP contribution in [0.15, 0.2) is 6.20 Å². The van der Waals surface area contributed by atoms with Crippen LogP contribution in [0.4, 0.5) is 5.69 Å². The van der Waals surface area contributed by atoms with Crippen molar-refractivity contribution in [3.05, 3.63) is 23.0 Å². The Morgan fingerprint density at radius 3 is 2.65 bits per heavy atom. The van der Waals surface area contributed by atoms with Crippen LogP contribution in [0.1, 0.15) is 43.5 Å². The van der Waals surface area contributed by atoms with Crippen molar-refractivity contribution in [1.82, 2.24) is 9.88 Å². The number of rotatable bonds is 5. The second kappa shape index (κ2) is 6.01. The van der Waals surface area contributed by atoms with Gasteiger partial charge >= 0.3 is 0 Å². The molecule has 3 nitrogen and oxygen atoms in total. The highest BCUT2D eigenvalue weighted by molar-refractivity contribution is 5.53. The van der Waals surface area contributed by atoms with Gasteiger partial charge in [-0.15, -0.1) is 0 Å². The van der Waals surface area contributed by atoms with Crippen LogP contribution in [0.3, 0.4) is 0 Å². The van der Waals surface area contributed by atoms with Gasteiger partial charge in [0.1, 0.15) is 0 Å². The fraction of sp³-hybridized carbons (Fsp3) is 0.643. The molecular weight excluding hydrogens is 210 g/mol. The first-order valence-corrected chi connectivity index (χ1v) is 6.38. The van der Waals surface area contributed by atoms with Gasteiger partial charge in [0.2, 0.25) is 0 Å². The molecule has 0 aliphatic carbocycles. The molecule has 0 aromatic carbocycles. The van der Waals surface area contributed by atoms with E-state index in [4.69, 9.17) is 5.73 Å². The van der Waals surface area contributed by atoms with Crippen LogP contribution in [-0.2, 0) is 6.54 Å². The molecule has 0 fully saturated rings. The van der Waals surface area contributed by atoms with Crippen LogP contribution in [0.25, 0.3) is 0 Å². The van der Waals surface area contributed by atoms with E-state index in [0.29, 0.717) is 6.04 Å². The van der Waals surface area contributed by atoms with Gasteiger partial charge in [-0.25, -0.2) is 0 Å². The van der Waals surface area contributed by atoms with E-state index in [1.807, 2.05) is 13.1 Å². The Hall–Kier alpha value is -1.09. The first-order valence-electron chi connectivity index (χ1n) is 6.38. The highest BCUT2D eigenvalue weighted by Gasteiger charge is 2.12. The summed E-state index contributed by atoms with van der Waals surface area (Å²) < 4.78 is 0. The van der Waals surface area contributed by atoms with Crippen LogP contribution >= 0.6 is 0 Å². The Labute approximate surface area is 105 Å². The number of aryl methyl sites for hydroxylation is 1. The molecule has 0 radical (unpaired) electrons. The van der Waals surface area contributed by atoms with E-state index in [0.717, 1.165) is 29.1 Å². The van der Waals surface area contributed by atoms with E-state index in [1.165, 1.54) is 12.8 Å². The van der Waals surface area contributed by atoms with Crippen molar-refractivity contribution >= 4 is 5.69 Å². The van der Waals surface area contributed by atoms with E-state index < -0.39 is 0 Å². The maximum absolute atomic E-state index is 6.03. The highest BCUT2D eigenvalue weighted by Crippen LogP contribution is 2.19. The fourth-order valence-electron chi connectivity index (χ4n) is 1.98. The third kappa shape index (κ3) is 3.43. The van der Waals surface area contributed by atoms with Crippen molar-refractivity contribution < 1.29 is 0 Å². The van der Waals surface area contributed by atoms with Gasteiger partial charge in [0, 0.05) is 24.5 Å². The molecule has 2 N–H and O–H groups in total. The SMILES string of the molecule is CCCC(C)N(C)Cc1ncc(C)c(N)c1C. The zero-order valence-electron chi connectivity index (χ0n) is 11.7. The van der Waals surface area contributed by atoms with Crippen LogP contribution in [0, 0.1) is 13.8 Å². The van der Waals surface area contributed by atoms with Crippen LogP contribution in [0.5, 0.6) is 0 Å². The molecule has 0 spiro atoms. The molecular formula is C14H25N3. The fourth-order valence-corrected chi connectivity index (χ4v) is 1.98. The standard InChI is InChI=1S/C14H25N3/c1-6-7-11(3)17(5)9-13-12(4)14(15)10(2)8-16-13/h8,11H,6-7,9H2,1-5H3,(H2,15,16). The molecule has 17 heavy (non-hydrogen) atoms. The van der Waals surface area contributed by atoms with Gasteiger partial charge < -0.3 is 5.73 Å². The van der Waals surface area contributed by atoms with Crippen molar-refractivity contribution in [2.45, 2.75) is 53.1 Å². The third-order valence-electron chi connectivity index (χ3n) is 3.53. The largest absolute Gasteiger partial charge is 0.398 e. The smallest absolute Gasteiger partial charge is 0.0593 e. The summed E-state index contributed by atoms with van der Waals surface area (Å²) in [7, 11) is 2.15. The minimum absolute atomic E-state index is 0.587. The highest BCUT2D eigenvalue weighted by atomic mass is 15.1. The second-order valence-corrected chi connectivity index (χ2v) is 4.98. The number of nitrogen functional groups attached to an aromatic ring is 1. The number of aromatic nitrogens is 1. The molecule has 0 aliphatic rings. The van der Waals surface area contributed by atoms with Gasteiger partial charge in [-0.05, 0) is 45.4 Å². The lowest BCUT2D eigenvalue weighted by atomic mass is 10.1. The summed E-state index contributed by atoms with van der Waals surface area (Å²) in [5, 5.41) is 0. The topological polar surface area (TPSA) is 42.2 Å². The number of nitrogens with zero attached hydrogens (tertiary/aromatic N) is 2. The van der Waals surface area contributed by atoms with E-state index in [2.05, 4.69) is 37.7 Å². The van der Waals surface area contributed by atoms with Gasteiger partial charge in [0.25, 0.3) is 0 Å². The molecule has 0 amide bonds. The number of hydrogen-bond acceptors (Lipinski definition) is 3. The Bertz CT molecular complexity index is 374. The van der Waals surface area contributed by atoms with E-state index >= 15 is 0 Å². The second-order valence-electron chi connectivity index (χ2n) is 4.98. The third-order valence-corrected chi connectivity index (χ3v) is 3.53. The number of nitrogens with two attached hydrogens (primary N) is 1. The summed E-state index contributed by atoms with van der Waals surface area (Å²) in [5.41, 5.74) is 10.2. The summed E-state index contributed by atoms with van der Waals surface area (Å²) >= 11 is 0. The Kier molecular flexibility index (Phi) is 4.94. The first kappa shape index (κ1) is 14.0. The molecule has 0 aliphatic heterocycles. The van der Waals surface area contributed by atoms with Crippen molar-refractivity contribution in [3.63, 3.8) is 0 Å². The van der Waals surface area contributed by atoms with Gasteiger partial charge in [-0.2, -0.15) is 0 Å². The summed E-state index contributed by atoms with van der Waals surface area (Å²) in [4.78, 5) is 6.84. The van der Waals surface area contributed by atoms with E-state index in [9.17, 15) is 0 Å². The number of hydrogen-bond donors (Lipinski definition) is 1. The Morgan fingerprint density at radius 1 is 1.41 bits per heavy atom. The number of pyridine rings is 1. The maximum atomic E-state index is 6.03. The van der Waals surface area contributed by atoms with Crippen LogP contribution < -0.4 is 5.73 Å². The average Bonchev–Trinajstić information content (AvgIpc) is 2.30. The molecule has 96 valence electrons. The van der Waals surface area contributed by atoms with Crippen molar-refractivity contribution in [2.24, 2.45) is 0 Å². The zero-order valence-corrected chi connectivity index (χ0v) is 11.7. The van der Waals surface area contributed by atoms with Crippen molar-refractivity contribution in [2.75, 3.05) is 12.8 Å². The maximum Gasteiger partial charge on any atom is 0.0593 e. The van der Waals surface area contributed by atoms with Gasteiger partial charge in [-0.1, -0.05) is 13.3 Å². The lowest BCUT2D eigenvalue weighted by molar-refractivity contribution is 0.234. The predicted octanol–water partition coefficient (Wildman–Crippen LogP) is 2.90. The minimum atomic E-state index is 0.587. The average molecular weight is 235 g/mol. The molecule has 1 rings (SSSR count). The molecule has 1 unspecified atom stereocenters. The predicted molar refractivity (Wildman–Crippen MR) is 74.0 cm³/mol. The Morgan fingerprint density at radius 2 is 2.06 bits per heavy atom. The van der Waals surface area contributed by atoms with Crippen LogP contribution in [-0.4, -0.2) is 23.0 Å². The molecule has 1 aromatic heterocycles. The normalized spacial score (nSPS) is 13.1. The minimum Gasteiger partial charge on any atom is -0.398 e. The quantitative estimate of drug-likeness (QED) is 0.853. The van der Waals surface area contributed by atoms with Crippen molar-refractivity contribution in [3.8, 4) is 0 Å². The lowest BCUT2D eigenvalue weighted by Gasteiger charge is -2.25. The molecule has 0 saturated heterocycles. The summed E-state index contributed by atoms with van der Waals surface area (Å²) in [6.45, 7) is 9.41.